The van der Waals surface area contributed by atoms with E-state index in [-0.39, 0.29) is 12.0 Å². The Morgan fingerprint density at radius 1 is 1.12 bits per heavy atom. The van der Waals surface area contributed by atoms with Gasteiger partial charge in [0.2, 0.25) is 0 Å². The van der Waals surface area contributed by atoms with Crippen molar-refractivity contribution in [3.05, 3.63) is 35.4 Å². The number of aliphatic hydroxyl groups is 1. The average Bonchev–Trinajstić information content (AvgIpc) is 2.64. The molecule has 0 aromatic heterocycles. The Labute approximate surface area is 98.3 Å². The second-order valence-corrected chi connectivity index (χ2v) is 4.76. The number of hydrogen-bond acceptors (Lipinski definition) is 1. The van der Waals surface area contributed by atoms with Gasteiger partial charge in [0.05, 0.1) is 11.2 Å². The molecule has 4 heteroatoms. The van der Waals surface area contributed by atoms with Crippen molar-refractivity contribution in [2.24, 2.45) is 0 Å². The van der Waals surface area contributed by atoms with E-state index in [1.54, 1.807) is 6.07 Å². The lowest BCUT2D eigenvalue weighted by molar-refractivity contribution is -0.138. The largest absolute Gasteiger partial charge is 0.416 e. The monoisotopic (exact) mass is 244 g/mol. The van der Waals surface area contributed by atoms with Crippen LogP contribution >= 0.6 is 0 Å². The van der Waals surface area contributed by atoms with Crippen LogP contribution in [0.2, 0.25) is 0 Å². The van der Waals surface area contributed by atoms with Gasteiger partial charge in [-0.05, 0) is 24.5 Å². The fourth-order valence-corrected chi connectivity index (χ4v) is 2.52. The summed E-state index contributed by atoms with van der Waals surface area (Å²) >= 11 is 0. The van der Waals surface area contributed by atoms with Crippen LogP contribution in [0.3, 0.4) is 0 Å². The first-order valence-corrected chi connectivity index (χ1v) is 5.78. The molecule has 0 saturated heterocycles. The molecule has 0 atom stereocenters. The summed E-state index contributed by atoms with van der Waals surface area (Å²) in [7, 11) is 0. The summed E-state index contributed by atoms with van der Waals surface area (Å²) in [5.41, 5.74) is -1.37. The molecule has 1 saturated carbocycles. The molecule has 1 fully saturated rings. The Morgan fingerprint density at radius 3 is 2.29 bits per heavy atom. The maximum absolute atomic E-state index is 12.8. The summed E-state index contributed by atoms with van der Waals surface area (Å²) < 4.78 is 38.3. The van der Waals surface area contributed by atoms with Gasteiger partial charge in [-0.3, -0.25) is 0 Å². The molecule has 0 bridgehead atoms. The minimum Gasteiger partial charge on any atom is -0.390 e. The predicted molar refractivity (Wildman–Crippen MR) is 58.6 cm³/mol. The molecule has 1 aliphatic carbocycles. The molecular weight excluding hydrogens is 229 g/mol. The van der Waals surface area contributed by atoms with Crippen molar-refractivity contribution in [2.75, 3.05) is 0 Å². The van der Waals surface area contributed by atoms with E-state index in [1.807, 2.05) is 0 Å². The first kappa shape index (κ1) is 12.4. The first-order chi connectivity index (χ1) is 7.91. The van der Waals surface area contributed by atoms with Gasteiger partial charge in [-0.15, -0.1) is 0 Å². The van der Waals surface area contributed by atoms with Crippen molar-refractivity contribution in [2.45, 2.75) is 43.9 Å². The lowest BCUT2D eigenvalue weighted by Crippen LogP contribution is -2.28. The zero-order chi connectivity index (χ0) is 12.5. The van der Waals surface area contributed by atoms with Crippen LogP contribution in [0.5, 0.6) is 0 Å². The lowest BCUT2D eigenvalue weighted by Gasteiger charge is -2.24. The van der Waals surface area contributed by atoms with Crippen LogP contribution < -0.4 is 0 Å². The van der Waals surface area contributed by atoms with Crippen LogP contribution in [0.15, 0.2) is 24.3 Å². The Hall–Kier alpha value is -1.03. The third kappa shape index (κ3) is 2.80. The quantitative estimate of drug-likeness (QED) is 0.843. The second kappa shape index (κ2) is 4.33. The Balaban J connectivity index is 2.26. The zero-order valence-electron chi connectivity index (χ0n) is 9.43. The maximum Gasteiger partial charge on any atom is 0.416 e. The van der Waals surface area contributed by atoms with Crippen molar-refractivity contribution in [3.8, 4) is 0 Å². The minimum atomic E-state index is -4.34. The van der Waals surface area contributed by atoms with E-state index >= 15 is 0 Å². The number of benzene rings is 1. The van der Waals surface area contributed by atoms with Crippen LogP contribution in [0.1, 0.15) is 36.8 Å². The highest BCUT2D eigenvalue weighted by Gasteiger charge is 2.37. The van der Waals surface area contributed by atoms with Crippen molar-refractivity contribution in [1.29, 1.82) is 0 Å². The number of rotatable bonds is 2. The van der Waals surface area contributed by atoms with E-state index in [0.717, 1.165) is 18.9 Å². The second-order valence-electron chi connectivity index (χ2n) is 4.76. The van der Waals surface area contributed by atoms with Crippen molar-refractivity contribution >= 4 is 0 Å². The van der Waals surface area contributed by atoms with E-state index in [0.29, 0.717) is 12.8 Å². The SMILES string of the molecule is OC1(Cc2ccccc2C(F)(F)F)CCCC1. The van der Waals surface area contributed by atoms with E-state index in [2.05, 4.69) is 0 Å². The topological polar surface area (TPSA) is 20.2 Å². The van der Waals surface area contributed by atoms with Gasteiger partial charge < -0.3 is 5.11 Å². The Morgan fingerprint density at radius 2 is 1.71 bits per heavy atom. The summed E-state index contributed by atoms with van der Waals surface area (Å²) in [5, 5.41) is 10.2. The third-order valence-corrected chi connectivity index (χ3v) is 3.38. The summed E-state index contributed by atoms with van der Waals surface area (Å²) in [6, 6.07) is 5.50. The fourth-order valence-electron chi connectivity index (χ4n) is 2.52. The van der Waals surface area contributed by atoms with E-state index in [1.165, 1.54) is 12.1 Å². The molecule has 17 heavy (non-hydrogen) atoms. The fraction of sp³-hybridized carbons (Fsp3) is 0.538. The van der Waals surface area contributed by atoms with E-state index in [9.17, 15) is 18.3 Å². The third-order valence-electron chi connectivity index (χ3n) is 3.38. The molecule has 0 spiro atoms. The highest BCUT2D eigenvalue weighted by Crippen LogP contribution is 2.37. The van der Waals surface area contributed by atoms with Crippen molar-refractivity contribution in [3.63, 3.8) is 0 Å². The molecule has 0 unspecified atom stereocenters. The van der Waals surface area contributed by atoms with Gasteiger partial charge in [-0.1, -0.05) is 31.0 Å². The molecule has 1 aliphatic rings. The standard InChI is InChI=1S/C13H15F3O/c14-13(15,16)11-6-2-1-5-10(11)9-12(17)7-3-4-8-12/h1-2,5-6,17H,3-4,7-9H2. The van der Waals surface area contributed by atoms with Gasteiger partial charge >= 0.3 is 6.18 Å². The normalized spacial score (nSPS) is 19.5. The molecule has 2 rings (SSSR count). The van der Waals surface area contributed by atoms with Crippen LogP contribution in [0.25, 0.3) is 0 Å². The Bertz CT molecular complexity index is 392. The first-order valence-electron chi connectivity index (χ1n) is 5.78. The molecule has 94 valence electrons. The van der Waals surface area contributed by atoms with Gasteiger partial charge in [-0.25, -0.2) is 0 Å². The molecule has 0 amide bonds. The van der Waals surface area contributed by atoms with Crippen LogP contribution in [-0.2, 0) is 12.6 Å². The Kier molecular flexibility index (Phi) is 3.17. The summed E-state index contributed by atoms with van der Waals surface area (Å²) in [5.74, 6) is 0. The van der Waals surface area contributed by atoms with Gasteiger partial charge in [0, 0.05) is 6.42 Å². The van der Waals surface area contributed by atoms with Gasteiger partial charge in [-0.2, -0.15) is 13.2 Å². The molecule has 0 aliphatic heterocycles. The molecule has 0 radical (unpaired) electrons. The predicted octanol–water partition coefficient (Wildman–Crippen LogP) is 3.55. The minimum absolute atomic E-state index is 0.0999. The number of alkyl halides is 3. The van der Waals surface area contributed by atoms with Gasteiger partial charge in [0.1, 0.15) is 0 Å². The molecular formula is C13H15F3O. The van der Waals surface area contributed by atoms with Gasteiger partial charge in [0.25, 0.3) is 0 Å². The summed E-state index contributed by atoms with van der Waals surface area (Å²) in [4.78, 5) is 0. The number of hydrogen-bond donors (Lipinski definition) is 1. The van der Waals surface area contributed by atoms with E-state index in [4.69, 9.17) is 0 Å². The van der Waals surface area contributed by atoms with Crippen LogP contribution in [0.4, 0.5) is 13.2 Å². The smallest absolute Gasteiger partial charge is 0.390 e. The average molecular weight is 244 g/mol. The molecule has 0 heterocycles. The highest BCUT2D eigenvalue weighted by molar-refractivity contribution is 5.31. The maximum atomic E-state index is 12.8. The lowest BCUT2D eigenvalue weighted by atomic mass is 9.90. The van der Waals surface area contributed by atoms with E-state index < -0.39 is 17.3 Å². The summed E-state index contributed by atoms with van der Waals surface area (Å²) in [6.45, 7) is 0. The highest BCUT2D eigenvalue weighted by atomic mass is 19.4. The molecule has 1 nitrogen and oxygen atoms in total. The van der Waals surface area contributed by atoms with Gasteiger partial charge in [0.15, 0.2) is 0 Å². The van der Waals surface area contributed by atoms with Crippen LogP contribution in [0, 0.1) is 0 Å². The molecule has 1 aromatic rings. The molecule has 1 N–H and O–H groups in total. The van der Waals surface area contributed by atoms with Crippen molar-refractivity contribution in [1.82, 2.24) is 0 Å². The summed E-state index contributed by atoms with van der Waals surface area (Å²) in [6.07, 6.45) is -1.26. The molecule has 1 aromatic carbocycles. The van der Waals surface area contributed by atoms with Crippen LogP contribution in [-0.4, -0.2) is 10.7 Å². The zero-order valence-corrected chi connectivity index (χ0v) is 9.43. The number of halogens is 3. The van der Waals surface area contributed by atoms with Crippen molar-refractivity contribution < 1.29 is 18.3 Å².